The first-order valence-corrected chi connectivity index (χ1v) is 9.86. The predicted octanol–water partition coefficient (Wildman–Crippen LogP) is 2.00. The van der Waals surface area contributed by atoms with Crippen molar-refractivity contribution in [1.29, 1.82) is 0 Å². The number of aromatic nitrogens is 2. The van der Waals surface area contributed by atoms with Gasteiger partial charge < -0.3 is 19.7 Å². The van der Waals surface area contributed by atoms with E-state index >= 15 is 0 Å². The van der Waals surface area contributed by atoms with E-state index < -0.39 is 0 Å². The minimum absolute atomic E-state index is 0.408. The first-order chi connectivity index (χ1) is 12.2. The zero-order valence-electron chi connectivity index (χ0n) is 15.9. The lowest BCUT2D eigenvalue weighted by atomic mass is 9.51. The molecule has 6 nitrogen and oxygen atoms in total. The van der Waals surface area contributed by atoms with Crippen molar-refractivity contribution >= 4 is 5.82 Å². The molecule has 1 spiro atoms. The molecule has 0 radical (unpaired) electrons. The molecule has 2 aliphatic carbocycles. The molecule has 140 valence electrons. The van der Waals surface area contributed by atoms with Crippen molar-refractivity contribution in [3.8, 4) is 0 Å². The Morgan fingerprint density at radius 2 is 2.08 bits per heavy atom. The van der Waals surface area contributed by atoms with E-state index in [1.54, 1.807) is 0 Å². The van der Waals surface area contributed by atoms with E-state index in [1.165, 1.54) is 30.6 Å². The zero-order chi connectivity index (χ0) is 17.4. The Morgan fingerprint density at radius 1 is 1.32 bits per heavy atom. The van der Waals surface area contributed by atoms with Gasteiger partial charge in [-0.2, -0.15) is 5.10 Å². The van der Waals surface area contributed by atoms with Crippen LogP contribution in [0.4, 0.5) is 5.82 Å². The first kappa shape index (κ1) is 17.3. The molecule has 4 rings (SSSR count). The van der Waals surface area contributed by atoms with Crippen molar-refractivity contribution in [2.45, 2.75) is 58.2 Å². The van der Waals surface area contributed by atoms with E-state index in [2.05, 4.69) is 31.1 Å². The normalized spacial score (nSPS) is 28.0. The molecular weight excluding hydrogens is 316 g/mol. The minimum Gasteiger partial charge on any atom is -0.378 e. The Bertz CT molecular complexity index is 605. The highest BCUT2D eigenvalue weighted by Crippen LogP contribution is 2.57. The van der Waals surface area contributed by atoms with E-state index in [-0.39, 0.29) is 0 Å². The van der Waals surface area contributed by atoms with E-state index in [0.29, 0.717) is 17.6 Å². The van der Waals surface area contributed by atoms with Gasteiger partial charge in [0, 0.05) is 50.3 Å². The molecule has 6 heteroatoms. The molecule has 1 aliphatic heterocycles. The van der Waals surface area contributed by atoms with Crippen LogP contribution >= 0.6 is 0 Å². The summed E-state index contributed by atoms with van der Waals surface area (Å²) < 4.78 is 13.5. The molecule has 2 atom stereocenters. The molecule has 3 aliphatic rings. The summed E-state index contributed by atoms with van der Waals surface area (Å²) in [7, 11) is 2.06. The van der Waals surface area contributed by atoms with E-state index in [0.717, 1.165) is 51.6 Å². The molecule has 1 saturated heterocycles. The molecule has 2 unspecified atom stereocenters. The van der Waals surface area contributed by atoms with Gasteiger partial charge in [0.1, 0.15) is 5.82 Å². The summed E-state index contributed by atoms with van der Waals surface area (Å²) in [5.41, 5.74) is 2.89. The monoisotopic (exact) mass is 348 g/mol. The van der Waals surface area contributed by atoms with Gasteiger partial charge in [-0.3, -0.25) is 4.68 Å². The smallest absolute Gasteiger partial charge is 0.131 e. The first-order valence-electron chi connectivity index (χ1n) is 9.86. The van der Waals surface area contributed by atoms with Gasteiger partial charge in [-0.25, -0.2) is 0 Å². The van der Waals surface area contributed by atoms with Crippen LogP contribution < -0.4 is 10.2 Å². The number of morpholine rings is 1. The van der Waals surface area contributed by atoms with Crippen LogP contribution in [0.2, 0.25) is 0 Å². The van der Waals surface area contributed by atoms with Crippen LogP contribution in [-0.2, 0) is 23.1 Å². The summed E-state index contributed by atoms with van der Waals surface area (Å²) in [6, 6.07) is 0.593. The average molecular weight is 348 g/mol. The van der Waals surface area contributed by atoms with Crippen LogP contribution in [0.5, 0.6) is 0 Å². The second kappa shape index (κ2) is 6.89. The van der Waals surface area contributed by atoms with Crippen LogP contribution in [0, 0.1) is 12.3 Å². The minimum atomic E-state index is 0.408. The number of nitrogens with zero attached hydrogens (tertiary/aromatic N) is 3. The Hall–Kier alpha value is -1.11. The van der Waals surface area contributed by atoms with Crippen molar-refractivity contribution in [1.82, 2.24) is 15.1 Å². The maximum absolute atomic E-state index is 5.99. The summed E-state index contributed by atoms with van der Waals surface area (Å²) >= 11 is 0. The maximum Gasteiger partial charge on any atom is 0.131 e. The van der Waals surface area contributed by atoms with Gasteiger partial charge in [-0.15, -0.1) is 0 Å². The number of hydrogen-bond donors (Lipinski definition) is 1. The quantitative estimate of drug-likeness (QED) is 0.852. The number of aryl methyl sites for hydroxylation is 2. The lowest BCUT2D eigenvalue weighted by Gasteiger charge is -2.61. The second-order valence-corrected chi connectivity index (χ2v) is 7.81. The molecule has 0 aromatic carbocycles. The molecule has 1 aromatic heterocycles. The molecular formula is C19H32N4O2. The number of nitrogens with one attached hydrogen (secondary N) is 1. The summed E-state index contributed by atoms with van der Waals surface area (Å²) in [6.45, 7) is 9.49. The van der Waals surface area contributed by atoms with Crippen molar-refractivity contribution in [3.63, 3.8) is 0 Å². The lowest BCUT2D eigenvalue weighted by molar-refractivity contribution is -0.173. The van der Waals surface area contributed by atoms with Crippen molar-refractivity contribution in [2.75, 3.05) is 37.8 Å². The molecule has 2 saturated carbocycles. The molecule has 0 bridgehead atoms. The second-order valence-electron chi connectivity index (χ2n) is 7.81. The van der Waals surface area contributed by atoms with Gasteiger partial charge in [-0.05, 0) is 33.1 Å². The van der Waals surface area contributed by atoms with Gasteiger partial charge in [-0.1, -0.05) is 6.42 Å². The molecule has 1 N–H and O–H groups in total. The summed E-state index contributed by atoms with van der Waals surface area (Å²) in [5, 5.41) is 8.55. The third-order valence-corrected chi connectivity index (χ3v) is 6.59. The topological polar surface area (TPSA) is 51.5 Å². The summed E-state index contributed by atoms with van der Waals surface area (Å²) in [6.07, 6.45) is 5.61. The Kier molecular flexibility index (Phi) is 4.77. The van der Waals surface area contributed by atoms with Crippen LogP contribution in [0.15, 0.2) is 0 Å². The Balaban J connectivity index is 1.45. The van der Waals surface area contributed by atoms with E-state index in [1.807, 2.05) is 4.68 Å². The fraction of sp³-hybridized carbons (Fsp3) is 0.842. The number of hydrogen-bond acceptors (Lipinski definition) is 5. The van der Waals surface area contributed by atoms with E-state index in [4.69, 9.17) is 14.6 Å². The average Bonchev–Trinajstić information content (AvgIpc) is 2.83. The largest absolute Gasteiger partial charge is 0.378 e. The van der Waals surface area contributed by atoms with Crippen LogP contribution in [0.3, 0.4) is 0 Å². The zero-order valence-corrected chi connectivity index (χ0v) is 15.9. The van der Waals surface area contributed by atoms with Gasteiger partial charge in [0.15, 0.2) is 0 Å². The highest BCUT2D eigenvalue weighted by atomic mass is 16.5. The van der Waals surface area contributed by atoms with Crippen LogP contribution in [0.1, 0.15) is 43.9 Å². The van der Waals surface area contributed by atoms with Gasteiger partial charge in [0.2, 0.25) is 0 Å². The highest BCUT2D eigenvalue weighted by Gasteiger charge is 2.58. The molecule has 3 fully saturated rings. The van der Waals surface area contributed by atoms with Gasteiger partial charge in [0.25, 0.3) is 0 Å². The van der Waals surface area contributed by atoms with Crippen molar-refractivity contribution < 1.29 is 9.47 Å². The van der Waals surface area contributed by atoms with E-state index in [9.17, 15) is 0 Å². The lowest BCUT2D eigenvalue weighted by Crippen LogP contribution is -2.66. The summed E-state index contributed by atoms with van der Waals surface area (Å²) in [5.74, 6) is 1.26. The third kappa shape index (κ3) is 2.88. The highest BCUT2D eigenvalue weighted by molar-refractivity contribution is 5.50. The molecule has 2 heterocycles. The maximum atomic E-state index is 5.99. The number of anilines is 1. The predicted molar refractivity (Wildman–Crippen MR) is 97.9 cm³/mol. The van der Waals surface area contributed by atoms with Crippen LogP contribution in [0.25, 0.3) is 0 Å². The number of ether oxygens (including phenoxy) is 2. The molecule has 0 amide bonds. The third-order valence-electron chi connectivity index (χ3n) is 6.59. The van der Waals surface area contributed by atoms with Crippen molar-refractivity contribution in [2.24, 2.45) is 12.5 Å². The van der Waals surface area contributed by atoms with Gasteiger partial charge >= 0.3 is 0 Å². The summed E-state index contributed by atoms with van der Waals surface area (Å²) in [4.78, 5) is 2.42. The van der Waals surface area contributed by atoms with Crippen LogP contribution in [-0.4, -0.2) is 54.8 Å². The number of rotatable bonds is 6. The fourth-order valence-corrected chi connectivity index (χ4v) is 5.02. The SMILES string of the molecule is CCOC1CC(NCc2c(C)nn(C)c2N2CCOCC2)C12CCC2. The Labute approximate surface area is 150 Å². The van der Waals surface area contributed by atoms with Gasteiger partial charge in [0.05, 0.1) is 25.0 Å². The molecule has 25 heavy (non-hydrogen) atoms. The fourth-order valence-electron chi connectivity index (χ4n) is 5.02. The Morgan fingerprint density at radius 3 is 2.72 bits per heavy atom. The molecule has 1 aromatic rings. The standard InChI is InChI=1S/C19H32N4O2/c1-4-25-17-12-16(19(17)6-5-7-19)20-13-15-14(2)21-22(3)18(15)23-8-10-24-11-9-23/h16-17,20H,4-13H2,1-3H3. The van der Waals surface area contributed by atoms with Crippen molar-refractivity contribution in [3.05, 3.63) is 11.3 Å².